The summed E-state index contributed by atoms with van der Waals surface area (Å²) in [4.78, 5) is 15.8. The zero-order valence-corrected chi connectivity index (χ0v) is 16.0. The number of hydrogen-bond acceptors (Lipinski definition) is 5. The number of nitrogens with two attached hydrogens (primary N) is 1. The first-order valence-electron chi connectivity index (χ1n) is 7.49. The molecule has 0 radical (unpaired) electrons. The van der Waals surface area contributed by atoms with E-state index in [-0.39, 0.29) is 11.1 Å². The van der Waals surface area contributed by atoms with Crippen molar-refractivity contribution in [2.45, 2.75) is 6.61 Å². The minimum atomic E-state index is -0.341. The van der Waals surface area contributed by atoms with E-state index < -0.39 is 0 Å². The molecule has 1 amide bonds. The fourth-order valence-corrected chi connectivity index (χ4v) is 3.26. The Morgan fingerprint density at radius 2 is 1.96 bits per heavy atom. The maximum absolute atomic E-state index is 11.7. The fourth-order valence-electron chi connectivity index (χ4n) is 2.26. The maximum atomic E-state index is 11.7. The van der Waals surface area contributed by atoms with E-state index in [0.717, 1.165) is 22.9 Å². The lowest BCUT2D eigenvalue weighted by molar-refractivity contribution is -0.113. The molecule has 0 unspecified atom stereocenters. The molecule has 5 nitrogen and oxygen atoms in total. The monoisotopic (exact) mass is 408 g/mol. The van der Waals surface area contributed by atoms with Crippen molar-refractivity contribution in [1.29, 1.82) is 0 Å². The molecule has 0 saturated heterocycles. The van der Waals surface area contributed by atoms with Crippen LogP contribution >= 0.6 is 35.0 Å². The second-order valence-electron chi connectivity index (χ2n) is 5.31. The highest BCUT2D eigenvalue weighted by Crippen LogP contribution is 2.32. The van der Waals surface area contributed by atoms with Gasteiger partial charge in [-0.25, -0.2) is 0 Å². The second kappa shape index (κ2) is 8.03. The van der Waals surface area contributed by atoms with Crippen LogP contribution < -0.4 is 15.2 Å². The van der Waals surface area contributed by atoms with Gasteiger partial charge < -0.3 is 15.2 Å². The van der Waals surface area contributed by atoms with Gasteiger partial charge in [0.25, 0.3) is 5.91 Å². The fraction of sp³-hybridized carbons (Fsp3) is 0.111. The van der Waals surface area contributed by atoms with Crippen LogP contribution in [0.25, 0.3) is 6.08 Å². The number of benzene rings is 2. The average Bonchev–Trinajstić information content (AvgIpc) is 2.93. The van der Waals surface area contributed by atoms with Crippen molar-refractivity contribution >= 4 is 52.1 Å². The van der Waals surface area contributed by atoms with E-state index >= 15 is 0 Å². The Bertz CT molecular complexity index is 929. The predicted octanol–water partition coefficient (Wildman–Crippen LogP) is 4.51. The molecule has 0 spiro atoms. The lowest BCUT2D eigenvalue weighted by atomic mass is 10.2. The number of amidine groups is 1. The van der Waals surface area contributed by atoms with Gasteiger partial charge in [0.2, 0.25) is 0 Å². The normalized spacial score (nSPS) is 15.3. The first kappa shape index (κ1) is 18.6. The van der Waals surface area contributed by atoms with E-state index in [1.807, 2.05) is 12.1 Å². The highest BCUT2D eigenvalue weighted by molar-refractivity contribution is 8.18. The molecule has 0 atom stereocenters. The summed E-state index contributed by atoms with van der Waals surface area (Å²) in [5.41, 5.74) is 7.22. The molecule has 0 aromatic heterocycles. The van der Waals surface area contributed by atoms with Crippen molar-refractivity contribution in [1.82, 2.24) is 0 Å². The van der Waals surface area contributed by atoms with Crippen LogP contribution in [-0.2, 0) is 11.4 Å². The smallest absolute Gasteiger partial charge is 0.286 e. The number of thioether (sulfide) groups is 1. The van der Waals surface area contributed by atoms with Crippen molar-refractivity contribution in [3.05, 3.63) is 62.5 Å². The van der Waals surface area contributed by atoms with Gasteiger partial charge in [-0.1, -0.05) is 35.3 Å². The number of amides is 1. The van der Waals surface area contributed by atoms with E-state index in [1.54, 1.807) is 37.5 Å². The zero-order chi connectivity index (χ0) is 18.7. The van der Waals surface area contributed by atoms with E-state index in [1.165, 1.54) is 0 Å². The Hall–Kier alpha value is -2.15. The molecule has 1 aliphatic rings. The van der Waals surface area contributed by atoms with Crippen molar-refractivity contribution in [2.75, 3.05) is 7.11 Å². The van der Waals surface area contributed by atoms with E-state index in [9.17, 15) is 4.79 Å². The van der Waals surface area contributed by atoms with Gasteiger partial charge in [-0.05, 0) is 53.2 Å². The lowest BCUT2D eigenvalue weighted by Crippen LogP contribution is -2.01. The van der Waals surface area contributed by atoms with Crippen LogP contribution in [0.15, 0.2) is 46.3 Å². The molecule has 0 saturated carbocycles. The molecule has 8 heteroatoms. The second-order valence-corrected chi connectivity index (χ2v) is 7.19. The van der Waals surface area contributed by atoms with Gasteiger partial charge in [-0.2, -0.15) is 4.99 Å². The largest absolute Gasteiger partial charge is 0.493 e. The number of carbonyl (C=O) groups is 1. The lowest BCUT2D eigenvalue weighted by Gasteiger charge is -2.12. The van der Waals surface area contributed by atoms with Crippen LogP contribution in [0.5, 0.6) is 11.5 Å². The first-order chi connectivity index (χ1) is 12.5. The highest BCUT2D eigenvalue weighted by Gasteiger charge is 2.19. The Labute approximate surface area is 164 Å². The highest BCUT2D eigenvalue weighted by atomic mass is 35.5. The van der Waals surface area contributed by atoms with Gasteiger partial charge in [0.15, 0.2) is 16.7 Å². The predicted molar refractivity (Wildman–Crippen MR) is 106 cm³/mol. The standard InChI is InChI=1S/C18H14Cl2N2O3S/c1-24-15-7-10(8-16-17(23)22-18(21)26-16)3-5-14(15)25-9-11-2-4-12(19)13(20)6-11/h2-8H,9H2,1H3,(H2,21,22,23)/b16-8+. The van der Waals surface area contributed by atoms with Gasteiger partial charge in [-0.15, -0.1) is 0 Å². The Morgan fingerprint density at radius 1 is 1.15 bits per heavy atom. The summed E-state index contributed by atoms with van der Waals surface area (Å²) < 4.78 is 11.2. The number of ether oxygens (including phenoxy) is 2. The summed E-state index contributed by atoms with van der Waals surface area (Å²) in [6, 6.07) is 10.7. The summed E-state index contributed by atoms with van der Waals surface area (Å²) >= 11 is 13.1. The third kappa shape index (κ3) is 4.33. The van der Waals surface area contributed by atoms with E-state index in [2.05, 4.69) is 4.99 Å². The first-order valence-corrected chi connectivity index (χ1v) is 9.06. The molecule has 2 N–H and O–H groups in total. The third-order valence-electron chi connectivity index (χ3n) is 3.50. The Morgan fingerprint density at radius 3 is 2.62 bits per heavy atom. The molecule has 0 aliphatic carbocycles. The topological polar surface area (TPSA) is 73.9 Å². The number of carbonyl (C=O) groups excluding carboxylic acids is 1. The minimum Gasteiger partial charge on any atom is -0.493 e. The van der Waals surface area contributed by atoms with Gasteiger partial charge >= 0.3 is 0 Å². The molecule has 2 aromatic carbocycles. The number of halogens is 2. The summed E-state index contributed by atoms with van der Waals surface area (Å²) in [5.74, 6) is 0.775. The van der Waals surface area contributed by atoms with E-state index in [4.69, 9.17) is 38.4 Å². The molecule has 3 rings (SSSR count). The van der Waals surface area contributed by atoms with Gasteiger partial charge in [-0.3, -0.25) is 4.79 Å². The maximum Gasteiger partial charge on any atom is 0.286 e. The van der Waals surface area contributed by atoms with Crippen LogP contribution in [0.4, 0.5) is 0 Å². The quantitative estimate of drug-likeness (QED) is 0.736. The van der Waals surface area contributed by atoms with Crippen LogP contribution in [0.1, 0.15) is 11.1 Å². The Balaban J connectivity index is 1.75. The SMILES string of the molecule is COc1cc(/C=C2/SC(N)=NC2=O)ccc1OCc1ccc(Cl)c(Cl)c1. The molecular formula is C18H14Cl2N2O3S. The molecule has 0 fully saturated rings. The number of aliphatic imine (C=N–C) groups is 1. The Kier molecular flexibility index (Phi) is 5.76. The van der Waals surface area contributed by atoms with Crippen molar-refractivity contribution < 1.29 is 14.3 Å². The third-order valence-corrected chi connectivity index (χ3v) is 5.05. The van der Waals surface area contributed by atoms with Crippen LogP contribution in [-0.4, -0.2) is 18.2 Å². The van der Waals surface area contributed by atoms with Gasteiger partial charge in [0, 0.05) is 0 Å². The molecule has 2 aromatic rings. The summed E-state index contributed by atoms with van der Waals surface area (Å²) in [5, 5.41) is 1.21. The van der Waals surface area contributed by atoms with Crippen molar-refractivity contribution in [2.24, 2.45) is 10.7 Å². The number of nitrogens with zero attached hydrogens (tertiary/aromatic N) is 1. The van der Waals surface area contributed by atoms with Crippen LogP contribution in [0.3, 0.4) is 0 Å². The molecule has 0 bridgehead atoms. The number of methoxy groups -OCH3 is 1. The van der Waals surface area contributed by atoms with Crippen molar-refractivity contribution in [3.63, 3.8) is 0 Å². The summed E-state index contributed by atoms with van der Waals surface area (Å²) in [7, 11) is 1.55. The summed E-state index contributed by atoms with van der Waals surface area (Å²) in [6.07, 6.45) is 1.71. The van der Waals surface area contributed by atoms with Gasteiger partial charge in [0.05, 0.1) is 22.1 Å². The summed E-state index contributed by atoms with van der Waals surface area (Å²) in [6.45, 7) is 0.312. The van der Waals surface area contributed by atoms with Crippen LogP contribution in [0, 0.1) is 0 Å². The van der Waals surface area contributed by atoms with Crippen LogP contribution in [0.2, 0.25) is 10.0 Å². The average molecular weight is 409 g/mol. The number of hydrogen-bond donors (Lipinski definition) is 1. The zero-order valence-electron chi connectivity index (χ0n) is 13.7. The number of rotatable bonds is 5. The van der Waals surface area contributed by atoms with Crippen molar-refractivity contribution in [3.8, 4) is 11.5 Å². The molecule has 1 aliphatic heterocycles. The molecule has 134 valence electrons. The van der Waals surface area contributed by atoms with E-state index in [0.29, 0.717) is 33.1 Å². The molecule has 1 heterocycles. The minimum absolute atomic E-state index is 0.245. The van der Waals surface area contributed by atoms with Gasteiger partial charge in [0.1, 0.15) is 6.61 Å². The molecular weight excluding hydrogens is 395 g/mol. The molecule has 26 heavy (non-hydrogen) atoms.